The fourth-order valence-electron chi connectivity index (χ4n) is 4.06. The maximum absolute atomic E-state index is 13.3. The number of pyridine rings is 1. The van der Waals surface area contributed by atoms with E-state index >= 15 is 0 Å². The van der Waals surface area contributed by atoms with Gasteiger partial charge in [0.2, 0.25) is 0 Å². The molecule has 0 aliphatic carbocycles. The summed E-state index contributed by atoms with van der Waals surface area (Å²) in [6.45, 7) is 9.69. The number of carbonyl (C=O) groups excluding carboxylic acids is 2. The van der Waals surface area contributed by atoms with E-state index in [1.807, 2.05) is 27.7 Å². The Labute approximate surface area is 228 Å². The summed E-state index contributed by atoms with van der Waals surface area (Å²) >= 11 is 12.4. The highest BCUT2D eigenvalue weighted by Gasteiger charge is 2.33. The van der Waals surface area contributed by atoms with E-state index in [1.165, 1.54) is 19.4 Å². The van der Waals surface area contributed by atoms with Gasteiger partial charge in [0.15, 0.2) is 17.2 Å². The molecule has 1 aromatic carbocycles. The Balaban J connectivity index is 2.25. The minimum Gasteiger partial charge on any atom is -0.503 e. The van der Waals surface area contributed by atoms with Gasteiger partial charge in [0.1, 0.15) is 24.0 Å². The minimum atomic E-state index is -0.969. The van der Waals surface area contributed by atoms with E-state index in [0.717, 1.165) is 12.8 Å². The fourth-order valence-corrected chi connectivity index (χ4v) is 4.51. The largest absolute Gasteiger partial charge is 0.503 e. The molecule has 0 bridgehead atoms. The zero-order valence-corrected chi connectivity index (χ0v) is 23.6. The second-order valence-corrected chi connectivity index (χ2v) is 10.1. The molecule has 1 aromatic heterocycles. The van der Waals surface area contributed by atoms with Gasteiger partial charge in [-0.25, -0.2) is 9.78 Å². The molecule has 0 saturated heterocycles. The van der Waals surface area contributed by atoms with E-state index in [9.17, 15) is 14.7 Å². The molecule has 0 unspecified atom stereocenters. The number of aromatic nitrogens is 1. The lowest BCUT2D eigenvalue weighted by Crippen LogP contribution is -2.47. The topological polar surface area (TPSA) is 107 Å². The van der Waals surface area contributed by atoms with Crippen LogP contribution in [0.2, 0.25) is 10.0 Å². The smallest absolute Gasteiger partial charge is 0.329 e. The van der Waals surface area contributed by atoms with Crippen LogP contribution in [0.1, 0.15) is 64.4 Å². The summed E-state index contributed by atoms with van der Waals surface area (Å²) in [5.41, 5.74) is -0.246. The predicted octanol–water partition coefficient (Wildman–Crippen LogP) is 6.06. The fraction of sp³-hybridized carbons (Fsp3) is 0.519. The van der Waals surface area contributed by atoms with Crippen molar-refractivity contribution in [3.05, 3.63) is 46.2 Å². The molecule has 1 heterocycles. The van der Waals surface area contributed by atoms with Crippen molar-refractivity contribution >= 4 is 35.1 Å². The summed E-state index contributed by atoms with van der Waals surface area (Å²) in [6, 6.07) is 5.42. The van der Waals surface area contributed by atoms with Gasteiger partial charge in [-0.1, -0.05) is 50.9 Å². The molecule has 2 N–H and O–H groups in total. The number of rotatable bonds is 13. The van der Waals surface area contributed by atoms with E-state index in [1.54, 1.807) is 25.1 Å². The van der Waals surface area contributed by atoms with Crippen LogP contribution in [0.5, 0.6) is 17.2 Å². The first-order valence-electron chi connectivity index (χ1n) is 12.4. The predicted molar refractivity (Wildman–Crippen MR) is 144 cm³/mol. The number of amides is 1. The third kappa shape index (κ3) is 8.40. The number of esters is 1. The molecule has 2 aromatic rings. The van der Waals surface area contributed by atoms with Crippen LogP contribution in [0.25, 0.3) is 0 Å². The first kappa shape index (κ1) is 30.5. The lowest BCUT2D eigenvalue weighted by atomic mass is 9.93. The Morgan fingerprint density at radius 1 is 1.08 bits per heavy atom. The number of halogens is 2. The van der Waals surface area contributed by atoms with Crippen LogP contribution < -0.4 is 14.8 Å². The molecule has 37 heavy (non-hydrogen) atoms. The second-order valence-electron chi connectivity index (χ2n) is 9.24. The Morgan fingerprint density at radius 2 is 1.76 bits per heavy atom. The van der Waals surface area contributed by atoms with Crippen molar-refractivity contribution in [1.82, 2.24) is 10.3 Å². The third-order valence-corrected chi connectivity index (χ3v) is 6.58. The van der Waals surface area contributed by atoms with Gasteiger partial charge in [-0.2, -0.15) is 0 Å². The summed E-state index contributed by atoms with van der Waals surface area (Å²) in [5, 5.41) is 13.8. The number of ether oxygens (including phenoxy) is 3. The molecule has 0 radical (unpaired) electrons. The number of methoxy groups -OCH3 is 1. The van der Waals surface area contributed by atoms with Gasteiger partial charge in [-0.15, -0.1) is 0 Å². The average molecular weight is 555 g/mol. The highest BCUT2D eigenvalue weighted by atomic mass is 35.5. The molecule has 0 fully saturated rings. The molecular formula is C27H36Cl2N2O6. The molecule has 0 aliphatic rings. The van der Waals surface area contributed by atoms with Gasteiger partial charge in [-0.3, -0.25) is 4.79 Å². The third-order valence-electron chi connectivity index (χ3n) is 6.05. The van der Waals surface area contributed by atoms with E-state index in [2.05, 4.69) is 10.3 Å². The number of hydrogen-bond donors (Lipinski definition) is 2. The summed E-state index contributed by atoms with van der Waals surface area (Å²) in [7, 11) is 1.37. The van der Waals surface area contributed by atoms with Crippen molar-refractivity contribution in [3.63, 3.8) is 0 Å². The number of carbonyl (C=O) groups is 2. The number of aromatic hydroxyl groups is 1. The molecule has 204 valence electrons. The monoisotopic (exact) mass is 554 g/mol. The van der Waals surface area contributed by atoms with E-state index in [4.69, 9.17) is 37.4 Å². The molecule has 8 nitrogen and oxygen atoms in total. The summed E-state index contributed by atoms with van der Waals surface area (Å²) in [4.78, 5) is 30.1. The molecule has 0 spiro atoms. The maximum atomic E-state index is 13.3. The number of hydrogen-bond acceptors (Lipinski definition) is 7. The van der Waals surface area contributed by atoms with Gasteiger partial charge < -0.3 is 24.6 Å². The van der Waals surface area contributed by atoms with Crippen molar-refractivity contribution in [2.24, 2.45) is 11.8 Å². The molecule has 1 amide bonds. The number of nitrogens with zero attached hydrogens (tertiary/aromatic N) is 1. The maximum Gasteiger partial charge on any atom is 0.329 e. The summed E-state index contributed by atoms with van der Waals surface area (Å²) in [6.07, 6.45) is 2.10. The molecule has 10 heteroatoms. The van der Waals surface area contributed by atoms with Crippen LogP contribution in [-0.4, -0.2) is 47.3 Å². The number of nitrogens with one attached hydrogen (secondary N) is 1. The standard InChI is InChI=1S/C27H36Cl2N2O6/c1-7-17(8-2)25(37-21-10-9-18(28)14-19(21)29)16(5)36-27(34)20(13-15(3)4)31-26(33)23-24(32)22(35-6)11-12-30-23/h9-12,14-17,20,25,32H,7-8,13H2,1-6H3,(H,31,33)/t16-,20-,25+/m0/s1. The van der Waals surface area contributed by atoms with Crippen LogP contribution in [-0.2, 0) is 9.53 Å². The highest BCUT2D eigenvalue weighted by Crippen LogP contribution is 2.32. The summed E-state index contributed by atoms with van der Waals surface area (Å²) < 4.78 is 17.1. The SMILES string of the molecule is CCC(CC)[C@H](Oc1ccc(Cl)cc1Cl)[C@H](C)OC(=O)[C@H](CC(C)C)NC(=O)c1nccc(OC)c1O. The molecule has 2 rings (SSSR count). The van der Waals surface area contributed by atoms with Crippen molar-refractivity contribution < 1.29 is 28.9 Å². The Hall–Kier alpha value is -2.71. The first-order valence-corrected chi connectivity index (χ1v) is 13.1. The lowest BCUT2D eigenvalue weighted by molar-refractivity contribution is -0.157. The Kier molecular flexibility index (Phi) is 11.8. The van der Waals surface area contributed by atoms with Crippen LogP contribution in [0.4, 0.5) is 0 Å². The lowest BCUT2D eigenvalue weighted by Gasteiger charge is -2.32. The van der Waals surface area contributed by atoms with Gasteiger partial charge in [-0.05, 0) is 56.2 Å². The van der Waals surface area contributed by atoms with Crippen molar-refractivity contribution in [3.8, 4) is 17.2 Å². The van der Waals surface area contributed by atoms with E-state index in [0.29, 0.717) is 22.2 Å². The van der Waals surface area contributed by atoms with Crippen LogP contribution >= 0.6 is 23.2 Å². The van der Waals surface area contributed by atoms with E-state index < -0.39 is 35.9 Å². The zero-order valence-electron chi connectivity index (χ0n) is 22.1. The average Bonchev–Trinajstić information content (AvgIpc) is 2.84. The van der Waals surface area contributed by atoms with Crippen molar-refractivity contribution in [2.45, 2.75) is 72.1 Å². The minimum absolute atomic E-state index is 0.0685. The van der Waals surface area contributed by atoms with Gasteiger partial charge in [0, 0.05) is 17.3 Å². The van der Waals surface area contributed by atoms with Gasteiger partial charge >= 0.3 is 5.97 Å². The number of benzene rings is 1. The molecular weight excluding hydrogens is 519 g/mol. The Bertz CT molecular complexity index is 1060. The Morgan fingerprint density at radius 3 is 2.32 bits per heavy atom. The van der Waals surface area contributed by atoms with Crippen LogP contribution in [0.3, 0.4) is 0 Å². The quantitative estimate of drug-likeness (QED) is 0.289. The molecule has 0 saturated carbocycles. The molecule has 3 atom stereocenters. The normalized spacial score (nSPS) is 13.7. The highest BCUT2D eigenvalue weighted by molar-refractivity contribution is 6.35. The first-order chi connectivity index (χ1) is 17.5. The molecule has 0 aliphatic heterocycles. The van der Waals surface area contributed by atoms with Gasteiger partial charge in [0.25, 0.3) is 5.91 Å². The van der Waals surface area contributed by atoms with Crippen molar-refractivity contribution in [1.29, 1.82) is 0 Å². The zero-order chi connectivity index (χ0) is 27.7. The van der Waals surface area contributed by atoms with E-state index in [-0.39, 0.29) is 23.3 Å². The van der Waals surface area contributed by atoms with Crippen LogP contribution in [0.15, 0.2) is 30.5 Å². The van der Waals surface area contributed by atoms with Crippen molar-refractivity contribution in [2.75, 3.05) is 7.11 Å². The van der Waals surface area contributed by atoms with Crippen LogP contribution in [0, 0.1) is 11.8 Å². The second kappa shape index (κ2) is 14.3. The van der Waals surface area contributed by atoms with Gasteiger partial charge in [0.05, 0.1) is 12.1 Å². The summed E-state index contributed by atoms with van der Waals surface area (Å²) in [5.74, 6) is -1.05.